The summed E-state index contributed by atoms with van der Waals surface area (Å²) in [5.41, 5.74) is 2.75. The third-order valence-corrected chi connectivity index (χ3v) is 9.84. The quantitative estimate of drug-likeness (QED) is 0.130. The summed E-state index contributed by atoms with van der Waals surface area (Å²) < 4.78 is 47.6. The number of nitrogens with zero attached hydrogens (tertiary/aromatic N) is 6. The second-order valence-corrected chi connectivity index (χ2v) is 13.5. The van der Waals surface area contributed by atoms with E-state index >= 15 is 0 Å². The SMILES string of the molecule is COc1cc(N2CCN(C)CC2)ccc1Nc1ncc(Cl)c(Oc2ccc(CCCOc3no[n+]([O-])c3S(=O)(=O)c3ccccc3)cc2)n1. The Morgan fingerprint density at radius 3 is 2.51 bits per heavy atom. The molecule has 0 bridgehead atoms. The average Bonchev–Trinajstić information content (AvgIpc) is 3.50. The largest absolute Gasteiger partial charge is 0.494 e. The number of hydrogen-bond donors (Lipinski definition) is 1. The summed E-state index contributed by atoms with van der Waals surface area (Å²) in [5.74, 6) is 1.25. The lowest BCUT2D eigenvalue weighted by Gasteiger charge is -2.34. The highest BCUT2D eigenvalue weighted by Crippen LogP contribution is 2.34. The number of halogens is 1. The molecule has 1 aliphatic heterocycles. The van der Waals surface area contributed by atoms with E-state index in [1.54, 1.807) is 37.4 Å². The van der Waals surface area contributed by atoms with Crippen LogP contribution in [0.2, 0.25) is 5.02 Å². The van der Waals surface area contributed by atoms with Gasteiger partial charge in [0.05, 0.1) is 35.7 Å². The van der Waals surface area contributed by atoms with Crippen molar-refractivity contribution in [2.75, 3.05) is 57.2 Å². The molecule has 1 aliphatic rings. The van der Waals surface area contributed by atoms with E-state index in [9.17, 15) is 13.6 Å². The molecule has 2 aromatic heterocycles. The number of rotatable bonds is 13. The number of methoxy groups -OCH3 is 1. The first-order valence-corrected chi connectivity index (χ1v) is 17.3. The minimum Gasteiger partial charge on any atom is -0.494 e. The summed E-state index contributed by atoms with van der Waals surface area (Å²) >= 11 is 6.37. The maximum Gasteiger partial charge on any atom is 0.414 e. The topological polar surface area (TPSA) is 159 Å². The van der Waals surface area contributed by atoms with Crippen molar-refractivity contribution in [3.63, 3.8) is 0 Å². The zero-order chi connectivity index (χ0) is 34.4. The van der Waals surface area contributed by atoms with E-state index in [4.69, 9.17) is 25.8 Å². The lowest BCUT2D eigenvalue weighted by Crippen LogP contribution is -2.44. The van der Waals surface area contributed by atoms with Gasteiger partial charge in [0.25, 0.3) is 9.84 Å². The van der Waals surface area contributed by atoms with E-state index < -0.39 is 14.9 Å². The number of sulfone groups is 1. The Balaban J connectivity index is 1.04. The zero-order valence-electron chi connectivity index (χ0n) is 26.8. The predicted octanol–water partition coefficient (Wildman–Crippen LogP) is 4.89. The Labute approximate surface area is 288 Å². The summed E-state index contributed by atoms with van der Waals surface area (Å²) in [6.07, 6.45) is 2.56. The van der Waals surface area contributed by atoms with Crippen molar-refractivity contribution >= 4 is 38.8 Å². The summed E-state index contributed by atoms with van der Waals surface area (Å²) in [6, 6.07) is 20.8. The minimum absolute atomic E-state index is 0.0719. The molecule has 5 aromatic rings. The third kappa shape index (κ3) is 7.96. The first-order chi connectivity index (χ1) is 23.7. The number of anilines is 3. The highest BCUT2D eigenvalue weighted by atomic mass is 35.5. The maximum absolute atomic E-state index is 12.9. The van der Waals surface area contributed by atoms with Crippen LogP contribution in [0.3, 0.4) is 0 Å². The van der Waals surface area contributed by atoms with Gasteiger partial charge in [0.1, 0.15) is 16.5 Å². The van der Waals surface area contributed by atoms with Crippen LogP contribution >= 0.6 is 11.6 Å². The lowest BCUT2D eigenvalue weighted by atomic mass is 10.1. The van der Waals surface area contributed by atoms with Crippen LogP contribution in [0.25, 0.3) is 0 Å². The molecule has 49 heavy (non-hydrogen) atoms. The van der Waals surface area contributed by atoms with Crippen molar-refractivity contribution in [3.05, 3.63) is 94.8 Å². The molecule has 0 radical (unpaired) electrons. The van der Waals surface area contributed by atoms with E-state index in [2.05, 4.69) is 41.9 Å². The number of benzene rings is 3. The van der Waals surface area contributed by atoms with Crippen LogP contribution in [0.5, 0.6) is 23.3 Å². The molecule has 14 nitrogen and oxygen atoms in total. The van der Waals surface area contributed by atoms with Gasteiger partial charge in [-0.1, -0.05) is 41.9 Å². The molecule has 0 unspecified atom stereocenters. The third-order valence-electron chi connectivity index (χ3n) is 7.85. The molecule has 3 heterocycles. The second kappa shape index (κ2) is 15.0. The molecule has 0 atom stereocenters. The van der Waals surface area contributed by atoms with Crippen LogP contribution in [0.4, 0.5) is 17.3 Å². The van der Waals surface area contributed by atoms with E-state index in [0.717, 1.165) is 37.4 Å². The Hall–Kier alpha value is -5.12. The molecule has 256 valence electrons. The van der Waals surface area contributed by atoms with Crippen LogP contribution in [-0.4, -0.2) is 75.4 Å². The Morgan fingerprint density at radius 1 is 1.02 bits per heavy atom. The fraction of sp³-hybridized carbons (Fsp3) is 0.273. The van der Waals surface area contributed by atoms with Gasteiger partial charge < -0.3 is 34.5 Å². The Kier molecular flexibility index (Phi) is 10.3. The molecule has 1 N–H and O–H groups in total. The summed E-state index contributed by atoms with van der Waals surface area (Å²) in [6.45, 7) is 3.99. The Morgan fingerprint density at radius 2 is 1.78 bits per heavy atom. The number of likely N-dealkylation sites (N-methyl/N-ethyl adjacent to an activating group) is 1. The normalized spacial score (nSPS) is 13.7. The highest BCUT2D eigenvalue weighted by Gasteiger charge is 2.35. The Bertz CT molecular complexity index is 1990. The fourth-order valence-corrected chi connectivity index (χ4v) is 6.59. The first-order valence-electron chi connectivity index (χ1n) is 15.4. The summed E-state index contributed by atoms with van der Waals surface area (Å²) in [7, 11) is -0.438. The van der Waals surface area contributed by atoms with Gasteiger partial charge in [0.2, 0.25) is 11.8 Å². The molecule has 0 aliphatic carbocycles. The smallest absolute Gasteiger partial charge is 0.414 e. The standard InChI is InChI=1S/C33H34ClN7O7S/c1-39-16-18-40(19-17-39)24-12-15-28(29(21-24)45-2)36-33-35-22-27(34)30(37-33)47-25-13-10-23(11-14-25)7-6-20-46-31-32(41(42)48-38-31)49(43,44)26-8-4-3-5-9-26/h3-5,8-15,21-22H,6-7,16-20H2,1-2H3,(H,35,36,37). The van der Waals surface area contributed by atoms with Gasteiger partial charge in [-0.15, -0.1) is 0 Å². The monoisotopic (exact) mass is 707 g/mol. The van der Waals surface area contributed by atoms with Gasteiger partial charge in [-0.3, -0.25) is 4.63 Å². The number of piperazine rings is 1. The predicted molar refractivity (Wildman–Crippen MR) is 181 cm³/mol. The van der Waals surface area contributed by atoms with E-state index in [0.29, 0.717) is 30.0 Å². The van der Waals surface area contributed by atoms with Gasteiger partial charge >= 0.3 is 10.9 Å². The zero-order valence-corrected chi connectivity index (χ0v) is 28.4. The lowest BCUT2D eigenvalue weighted by molar-refractivity contribution is -0.832. The second-order valence-electron chi connectivity index (χ2n) is 11.2. The molecular weight excluding hydrogens is 674 g/mol. The molecule has 6 rings (SSSR count). The molecule has 0 spiro atoms. The van der Waals surface area contributed by atoms with Crippen LogP contribution in [0.1, 0.15) is 12.0 Å². The van der Waals surface area contributed by atoms with Crippen LogP contribution in [0, 0.1) is 5.21 Å². The fourth-order valence-electron chi connectivity index (χ4n) is 5.17. The van der Waals surface area contributed by atoms with Crippen LogP contribution in [0.15, 0.2) is 93.5 Å². The van der Waals surface area contributed by atoms with Crippen molar-refractivity contribution in [2.45, 2.75) is 22.8 Å². The van der Waals surface area contributed by atoms with Crippen LogP contribution < -0.4 is 29.3 Å². The summed E-state index contributed by atoms with van der Waals surface area (Å²) in [4.78, 5) is 13.2. The first kappa shape index (κ1) is 33.8. The van der Waals surface area contributed by atoms with Gasteiger partial charge in [-0.2, -0.15) is 4.98 Å². The van der Waals surface area contributed by atoms with Crippen molar-refractivity contribution < 1.29 is 32.2 Å². The number of aryl methyl sites for hydroxylation is 1. The molecule has 16 heteroatoms. The maximum atomic E-state index is 12.9. The molecule has 0 amide bonds. The highest BCUT2D eigenvalue weighted by molar-refractivity contribution is 7.91. The van der Waals surface area contributed by atoms with Crippen LogP contribution in [-0.2, 0) is 16.3 Å². The van der Waals surface area contributed by atoms with E-state index in [-0.39, 0.29) is 39.1 Å². The minimum atomic E-state index is -4.18. The summed E-state index contributed by atoms with van der Waals surface area (Å²) in [5, 5.41) is 18.3. The van der Waals surface area contributed by atoms with E-state index in [1.165, 1.54) is 18.3 Å². The number of aromatic nitrogens is 4. The average molecular weight is 708 g/mol. The van der Waals surface area contributed by atoms with Gasteiger partial charge in [-0.05, 0) is 66.8 Å². The molecule has 0 saturated carbocycles. The van der Waals surface area contributed by atoms with Crippen molar-refractivity contribution in [1.29, 1.82) is 0 Å². The van der Waals surface area contributed by atoms with Crippen molar-refractivity contribution in [3.8, 4) is 23.3 Å². The van der Waals surface area contributed by atoms with Gasteiger partial charge in [0.15, 0.2) is 0 Å². The number of nitrogens with one attached hydrogen (secondary N) is 1. The molecule has 1 fully saturated rings. The van der Waals surface area contributed by atoms with E-state index in [1.807, 2.05) is 30.3 Å². The van der Waals surface area contributed by atoms with Crippen molar-refractivity contribution in [2.24, 2.45) is 0 Å². The van der Waals surface area contributed by atoms with Crippen molar-refractivity contribution in [1.82, 2.24) is 20.0 Å². The molecule has 3 aromatic carbocycles. The van der Waals surface area contributed by atoms with Gasteiger partial charge in [-0.25, -0.2) is 13.4 Å². The number of hydrogen-bond acceptors (Lipinski definition) is 13. The molecular formula is C33H34ClN7O7S. The molecule has 1 saturated heterocycles. The van der Waals surface area contributed by atoms with Gasteiger partial charge in [0, 0.05) is 37.9 Å². The number of ether oxygens (including phenoxy) is 3.